The van der Waals surface area contributed by atoms with Crippen molar-refractivity contribution in [2.75, 3.05) is 0 Å². The SMILES string of the molecule is C1=CCCC(C2=NC(c3ccccc3)NC(c3cccc4c5c(ccc6c7ccccc7n(-c7ccccc7)c65)n(-c5ccc6c(c5)c5c(ccc7c8ccccc8n(-c8ccccc8)c75)n6-c5ccccc5)c34)=N2)=C1. The van der Waals surface area contributed by atoms with E-state index in [-0.39, 0.29) is 6.17 Å². The number of allylic oxidation sites excluding steroid dienone is 3. The number of aliphatic imine (C=N–C) groups is 2. The van der Waals surface area contributed by atoms with Crippen LogP contribution < -0.4 is 5.32 Å². The van der Waals surface area contributed by atoms with Gasteiger partial charge in [0.15, 0.2) is 5.84 Å². The highest BCUT2D eigenvalue weighted by Gasteiger charge is 2.29. The van der Waals surface area contributed by atoms with Crippen molar-refractivity contribution in [1.29, 1.82) is 0 Å². The Kier molecular flexibility index (Phi) is 9.39. The van der Waals surface area contributed by atoms with E-state index in [1.807, 2.05) is 0 Å². The largest absolute Gasteiger partial charge is 0.344 e. The summed E-state index contributed by atoms with van der Waals surface area (Å²) >= 11 is 0. The van der Waals surface area contributed by atoms with Crippen molar-refractivity contribution in [3.8, 4) is 22.7 Å². The molecule has 1 aliphatic heterocycles. The van der Waals surface area contributed by atoms with Gasteiger partial charge in [0.1, 0.15) is 12.0 Å². The quantitative estimate of drug-likeness (QED) is 0.170. The van der Waals surface area contributed by atoms with Crippen LogP contribution in [0.1, 0.15) is 30.1 Å². The van der Waals surface area contributed by atoms with E-state index in [1.54, 1.807) is 0 Å². The maximum absolute atomic E-state index is 5.52. The highest BCUT2D eigenvalue weighted by molar-refractivity contribution is 6.30. The molecule has 358 valence electrons. The lowest BCUT2D eigenvalue weighted by atomic mass is 10.0. The molecular weight excluding hydrogens is 927 g/mol. The van der Waals surface area contributed by atoms with Crippen molar-refractivity contribution in [2.45, 2.75) is 19.0 Å². The van der Waals surface area contributed by atoms with Gasteiger partial charge in [-0.25, -0.2) is 9.98 Å². The van der Waals surface area contributed by atoms with Crippen molar-refractivity contribution in [2.24, 2.45) is 9.98 Å². The minimum Gasteiger partial charge on any atom is -0.344 e. The van der Waals surface area contributed by atoms with Crippen LogP contribution in [0, 0.1) is 0 Å². The van der Waals surface area contributed by atoms with Crippen molar-refractivity contribution in [3.05, 3.63) is 265 Å². The third-order valence-corrected chi connectivity index (χ3v) is 15.8. The molecule has 5 heterocycles. The number of nitrogens with zero attached hydrogens (tertiary/aromatic N) is 6. The van der Waals surface area contributed by atoms with E-state index < -0.39 is 0 Å². The molecule has 14 aromatic rings. The summed E-state index contributed by atoms with van der Waals surface area (Å²) in [5.41, 5.74) is 16.8. The average Bonchev–Trinajstić information content (AvgIpc) is 4.36. The van der Waals surface area contributed by atoms with E-state index in [9.17, 15) is 0 Å². The van der Waals surface area contributed by atoms with Crippen molar-refractivity contribution in [1.82, 2.24) is 23.6 Å². The number of aromatic nitrogens is 4. The lowest BCUT2D eigenvalue weighted by molar-refractivity contribution is 0.673. The van der Waals surface area contributed by atoms with Crippen LogP contribution in [-0.2, 0) is 0 Å². The molecule has 7 nitrogen and oxygen atoms in total. The summed E-state index contributed by atoms with van der Waals surface area (Å²) in [6, 6.07) is 83.9. The van der Waals surface area contributed by atoms with Crippen LogP contribution in [-0.4, -0.2) is 29.9 Å². The zero-order valence-electron chi connectivity index (χ0n) is 41.3. The Morgan fingerprint density at radius 2 is 0.908 bits per heavy atom. The van der Waals surface area contributed by atoms with E-state index in [2.05, 4.69) is 272 Å². The number of benzene rings is 10. The molecule has 1 unspecified atom stereocenters. The molecule has 0 radical (unpaired) electrons. The number of para-hydroxylation sites is 6. The molecule has 0 amide bonds. The predicted octanol–water partition coefficient (Wildman–Crippen LogP) is 16.8. The van der Waals surface area contributed by atoms with Crippen LogP contribution in [0.3, 0.4) is 0 Å². The summed E-state index contributed by atoms with van der Waals surface area (Å²) < 4.78 is 9.90. The molecule has 0 fully saturated rings. The molecular formula is C69H47N7. The summed E-state index contributed by atoms with van der Waals surface area (Å²) in [7, 11) is 0. The van der Waals surface area contributed by atoms with Crippen LogP contribution >= 0.6 is 0 Å². The molecule has 0 saturated heterocycles. The van der Waals surface area contributed by atoms with E-state index in [0.717, 1.165) is 96.8 Å². The Morgan fingerprint density at radius 1 is 0.395 bits per heavy atom. The van der Waals surface area contributed by atoms with Crippen LogP contribution in [0.15, 0.2) is 264 Å². The lowest BCUT2D eigenvalue weighted by Crippen LogP contribution is -2.34. The van der Waals surface area contributed by atoms with E-state index >= 15 is 0 Å². The Morgan fingerprint density at radius 3 is 1.53 bits per heavy atom. The van der Waals surface area contributed by atoms with Crippen molar-refractivity contribution >= 4 is 98.9 Å². The first-order valence-corrected chi connectivity index (χ1v) is 26.3. The van der Waals surface area contributed by atoms with Gasteiger partial charge in [0.2, 0.25) is 0 Å². The average molecular weight is 974 g/mol. The second-order valence-corrected chi connectivity index (χ2v) is 20.0. The number of nitrogens with one attached hydrogen (secondary N) is 1. The fourth-order valence-electron chi connectivity index (χ4n) is 12.6. The molecule has 0 spiro atoms. The molecule has 2 aliphatic rings. The summed E-state index contributed by atoms with van der Waals surface area (Å²) in [4.78, 5) is 10.8. The molecule has 1 aliphatic carbocycles. The molecule has 7 heteroatoms. The predicted molar refractivity (Wildman–Crippen MR) is 317 cm³/mol. The van der Waals surface area contributed by atoms with Gasteiger partial charge in [-0.1, -0.05) is 164 Å². The van der Waals surface area contributed by atoms with Crippen LogP contribution in [0.2, 0.25) is 0 Å². The number of hydrogen-bond acceptors (Lipinski definition) is 3. The first-order valence-electron chi connectivity index (χ1n) is 26.3. The number of fused-ring (bicyclic) bond motifs is 14. The molecule has 10 aromatic carbocycles. The van der Waals surface area contributed by atoms with Gasteiger partial charge in [-0.05, 0) is 109 Å². The zero-order chi connectivity index (χ0) is 49.8. The summed E-state index contributed by atoms with van der Waals surface area (Å²) in [6.45, 7) is 0. The van der Waals surface area contributed by atoms with Crippen LogP contribution in [0.4, 0.5) is 0 Å². The van der Waals surface area contributed by atoms with Gasteiger partial charge in [0.05, 0.1) is 44.1 Å². The molecule has 16 rings (SSSR count). The third-order valence-electron chi connectivity index (χ3n) is 15.8. The monoisotopic (exact) mass is 973 g/mol. The van der Waals surface area contributed by atoms with Gasteiger partial charge in [-0.2, -0.15) is 0 Å². The highest BCUT2D eigenvalue weighted by Crippen LogP contribution is 2.46. The minimum atomic E-state index is -0.338. The zero-order valence-corrected chi connectivity index (χ0v) is 41.3. The van der Waals surface area contributed by atoms with Gasteiger partial charge < -0.3 is 23.6 Å². The molecule has 1 N–H and O–H groups in total. The fourth-order valence-corrected chi connectivity index (χ4v) is 12.6. The Balaban J connectivity index is 1.06. The van der Waals surface area contributed by atoms with Gasteiger partial charge >= 0.3 is 0 Å². The molecule has 0 bridgehead atoms. The van der Waals surface area contributed by atoms with Gasteiger partial charge in [0, 0.05) is 71.4 Å². The van der Waals surface area contributed by atoms with Crippen molar-refractivity contribution in [3.63, 3.8) is 0 Å². The van der Waals surface area contributed by atoms with Crippen molar-refractivity contribution < 1.29 is 0 Å². The van der Waals surface area contributed by atoms with Gasteiger partial charge in [-0.15, -0.1) is 0 Å². The maximum Gasteiger partial charge on any atom is 0.155 e. The molecule has 1 atom stereocenters. The first kappa shape index (κ1) is 42.5. The summed E-state index contributed by atoms with van der Waals surface area (Å²) in [5.74, 6) is 1.56. The number of amidine groups is 2. The lowest BCUT2D eigenvalue weighted by Gasteiger charge is -2.25. The van der Waals surface area contributed by atoms with E-state index in [1.165, 1.54) is 54.4 Å². The Labute approximate surface area is 437 Å². The van der Waals surface area contributed by atoms with Crippen LogP contribution in [0.25, 0.3) is 110 Å². The fraction of sp³-hybridized carbons (Fsp3) is 0.0435. The smallest absolute Gasteiger partial charge is 0.155 e. The second-order valence-electron chi connectivity index (χ2n) is 20.0. The van der Waals surface area contributed by atoms with E-state index in [0.29, 0.717) is 0 Å². The molecule has 4 aromatic heterocycles. The highest BCUT2D eigenvalue weighted by atomic mass is 15.2. The summed E-state index contributed by atoms with van der Waals surface area (Å²) in [6.07, 6.45) is 8.05. The standard InChI is InChI=1S/C69H47N7/c1-6-21-44(22-7-1)67-70-68(45-23-8-2-9-24-45)72-69(71-67)55-34-20-33-54-62-61(42-39-52-50-31-16-18-35-57(50)74(65(52)62)47-27-12-4-13-28-47)76(64(54)55)49-37-40-59-56(43-49)63-60(73(59)46-25-10-3-11-26-46)41-38-53-51-32-17-19-36-58(51)75(66(53)63)48-29-14-5-15-30-48/h1-8,10-23,25-43,67H,9,24H2,(H,70,71,72). The Bertz CT molecular complexity index is 4810. The van der Waals surface area contributed by atoms with Crippen LogP contribution in [0.5, 0.6) is 0 Å². The molecule has 76 heavy (non-hydrogen) atoms. The second kappa shape index (κ2) is 16.8. The molecule has 0 saturated carbocycles. The number of hydrogen-bond donors (Lipinski definition) is 1. The topological polar surface area (TPSA) is 56.5 Å². The maximum atomic E-state index is 5.52. The van der Waals surface area contributed by atoms with Gasteiger partial charge in [0.25, 0.3) is 0 Å². The van der Waals surface area contributed by atoms with E-state index in [4.69, 9.17) is 9.98 Å². The third kappa shape index (κ3) is 6.29. The first-order chi connectivity index (χ1) is 37.7. The number of rotatable bonds is 7. The Hall–Kier alpha value is -9.98. The normalized spacial score (nSPS) is 14.9. The summed E-state index contributed by atoms with van der Waals surface area (Å²) in [5, 5.41) is 13.4. The van der Waals surface area contributed by atoms with Gasteiger partial charge in [-0.3, -0.25) is 0 Å². The minimum absolute atomic E-state index is 0.338.